The highest BCUT2D eigenvalue weighted by molar-refractivity contribution is 7.89. The number of halogens is 3. The molecule has 32 heavy (non-hydrogen) atoms. The summed E-state index contributed by atoms with van der Waals surface area (Å²) in [5, 5.41) is 2.73. The van der Waals surface area contributed by atoms with E-state index in [1.54, 1.807) is 19.2 Å². The van der Waals surface area contributed by atoms with Crippen molar-refractivity contribution in [1.82, 2.24) is 4.31 Å². The van der Waals surface area contributed by atoms with Crippen LogP contribution in [0.15, 0.2) is 53.4 Å². The zero-order chi connectivity index (χ0) is 23.4. The Bertz CT molecular complexity index is 1020. The predicted octanol–water partition coefficient (Wildman–Crippen LogP) is 2.53. The Labute approximate surface area is 186 Å². The maximum Gasteiger partial charge on any atom is 0.416 e. The number of likely N-dealkylation sites (N-methyl/N-ethyl adjacent to an activating group) is 1. The van der Waals surface area contributed by atoms with E-state index in [-0.39, 0.29) is 17.3 Å². The molecule has 2 aromatic rings. The Balaban J connectivity index is 1.53. The molecular weight excluding hydrogens is 443 g/mol. The molecule has 1 atom stereocenters. The predicted molar refractivity (Wildman–Crippen MR) is 115 cm³/mol. The van der Waals surface area contributed by atoms with Crippen molar-refractivity contribution in [3.63, 3.8) is 0 Å². The lowest BCUT2D eigenvalue weighted by atomic mass is 10.1. The molecule has 1 aliphatic heterocycles. The molecule has 174 valence electrons. The first-order chi connectivity index (χ1) is 15.1. The summed E-state index contributed by atoms with van der Waals surface area (Å²) >= 11 is 0. The molecule has 2 N–H and O–H groups in total. The molecule has 1 aliphatic rings. The van der Waals surface area contributed by atoms with Gasteiger partial charge in [-0.1, -0.05) is 18.6 Å². The molecule has 0 radical (unpaired) electrons. The average Bonchev–Trinajstić information content (AvgIpc) is 2.74. The molecule has 0 spiro atoms. The van der Waals surface area contributed by atoms with E-state index in [2.05, 4.69) is 5.32 Å². The molecule has 3 rings (SSSR count). The molecule has 0 aliphatic carbocycles. The number of carbonyl (C=O) groups excluding carboxylic acids is 1. The lowest BCUT2D eigenvalue weighted by molar-refractivity contribution is -0.885. The highest BCUT2D eigenvalue weighted by Gasteiger charge is 2.30. The van der Waals surface area contributed by atoms with Crippen molar-refractivity contribution in [3.05, 3.63) is 59.7 Å². The summed E-state index contributed by atoms with van der Waals surface area (Å²) < 4.78 is 64.8. The third-order valence-electron chi connectivity index (χ3n) is 5.34. The van der Waals surface area contributed by atoms with E-state index in [1.807, 2.05) is 0 Å². The number of rotatable bonds is 7. The van der Waals surface area contributed by atoms with Gasteiger partial charge in [0.05, 0.1) is 17.5 Å². The lowest BCUT2D eigenvalue weighted by Crippen LogP contribution is -3.08. The van der Waals surface area contributed by atoms with E-state index >= 15 is 0 Å². The van der Waals surface area contributed by atoms with Crippen LogP contribution in [0.1, 0.15) is 30.4 Å². The van der Waals surface area contributed by atoms with Crippen molar-refractivity contribution in [2.45, 2.75) is 36.9 Å². The Kier molecular flexibility index (Phi) is 7.58. The van der Waals surface area contributed by atoms with Crippen LogP contribution in [0.3, 0.4) is 0 Å². The van der Waals surface area contributed by atoms with Crippen LogP contribution in [0.25, 0.3) is 0 Å². The molecule has 10 heteroatoms. The molecule has 0 aromatic heterocycles. The number of hydrogen-bond acceptors (Lipinski definition) is 3. The van der Waals surface area contributed by atoms with Crippen LogP contribution < -0.4 is 10.2 Å². The Morgan fingerprint density at radius 3 is 2.16 bits per heavy atom. The summed E-state index contributed by atoms with van der Waals surface area (Å²) in [6, 6.07) is 11.0. The summed E-state index contributed by atoms with van der Waals surface area (Å²) in [7, 11) is -1.76. The van der Waals surface area contributed by atoms with Crippen LogP contribution in [0.2, 0.25) is 0 Å². The first-order valence-electron chi connectivity index (χ1n) is 10.4. The van der Waals surface area contributed by atoms with E-state index in [1.165, 1.54) is 28.6 Å². The third kappa shape index (κ3) is 6.30. The number of benzene rings is 2. The molecule has 6 nitrogen and oxygen atoms in total. The van der Waals surface area contributed by atoms with E-state index < -0.39 is 21.8 Å². The number of alkyl halides is 3. The van der Waals surface area contributed by atoms with E-state index in [0.29, 0.717) is 30.9 Å². The number of nitrogens with zero attached hydrogens (tertiary/aromatic N) is 1. The summed E-state index contributed by atoms with van der Waals surface area (Å²) in [6.45, 7) is 1.54. The standard InChI is InChI=1S/C22H26F3N3O3S/c1-27(15-17-5-7-18(8-6-17)22(23,24)25)16-21(29)26-19-9-11-20(12-10-19)32(30,31)28-13-3-2-4-14-28/h5-12H,2-4,13-16H2,1H3,(H,26,29)/p+1. The largest absolute Gasteiger partial charge is 0.416 e. The maximum absolute atomic E-state index is 12.7. The molecule has 1 fully saturated rings. The third-order valence-corrected chi connectivity index (χ3v) is 7.25. The first kappa shape index (κ1) is 24.2. The molecule has 0 saturated carbocycles. The van der Waals surface area contributed by atoms with E-state index in [9.17, 15) is 26.4 Å². The molecule has 1 heterocycles. The van der Waals surface area contributed by atoms with Gasteiger partial charge in [-0.2, -0.15) is 17.5 Å². The number of quaternary nitrogens is 1. The number of hydrogen-bond donors (Lipinski definition) is 2. The topological polar surface area (TPSA) is 70.9 Å². The van der Waals surface area contributed by atoms with Crippen LogP contribution in [-0.2, 0) is 27.5 Å². The van der Waals surface area contributed by atoms with Gasteiger partial charge in [0.25, 0.3) is 5.91 Å². The minimum Gasteiger partial charge on any atom is -0.326 e. The lowest BCUT2D eigenvalue weighted by Gasteiger charge is -2.25. The van der Waals surface area contributed by atoms with Gasteiger partial charge in [0.2, 0.25) is 10.0 Å². The quantitative estimate of drug-likeness (QED) is 0.654. The second-order valence-corrected chi connectivity index (χ2v) is 9.98. The zero-order valence-electron chi connectivity index (χ0n) is 17.8. The van der Waals surface area contributed by atoms with E-state index in [4.69, 9.17) is 0 Å². The average molecular weight is 471 g/mol. The zero-order valence-corrected chi connectivity index (χ0v) is 18.6. The Hall–Kier alpha value is -2.43. The summed E-state index contributed by atoms with van der Waals surface area (Å²) in [5.74, 6) is -0.277. The molecular formula is C22H27F3N3O3S+. The van der Waals surface area contributed by atoms with Crippen molar-refractivity contribution in [2.75, 3.05) is 32.0 Å². The summed E-state index contributed by atoms with van der Waals surface area (Å²) in [6.07, 6.45) is -1.63. The van der Waals surface area contributed by atoms with Crippen molar-refractivity contribution < 1.29 is 31.3 Å². The van der Waals surface area contributed by atoms with Crippen molar-refractivity contribution >= 4 is 21.6 Å². The van der Waals surface area contributed by atoms with Crippen molar-refractivity contribution in [3.8, 4) is 0 Å². The number of carbonyl (C=O) groups is 1. The number of amides is 1. The fraction of sp³-hybridized carbons (Fsp3) is 0.409. The highest BCUT2D eigenvalue weighted by atomic mass is 32.2. The Morgan fingerprint density at radius 1 is 1.00 bits per heavy atom. The second kappa shape index (κ2) is 10.0. The normalized spacial score (nSPS) is 16.5. The van der Waals surface area contributed by atoms with Gasteiger partial charge < -0.3 is 10.2 Å². The monoisotopic (exact) mass is 470 g/mol. The van der Waals surface area contributed by atoms with E-state index in [0.717, 1.165) is 36.3 Å². The van der Waals surface area contributed by atoms with Gasteiger partial charge in [-0.05, 0) is 49.2 Å². The number of piperidine rings is 1. The van der Waals surface area contributed by atoms with Gasteiger partial charge in [0, 0.05) is 24.3 Å². The number of nitrogens with one attached hydrogen (secondary N) is 2. The molecule has 1 amide bonds. The van der Waals surface area contributed by atoms with Gasteiger partial charge in [-0.3, -0.25) is 4.79 Å². The summed E-state index contributed by atoms with van der Waals surface area (Å²) in [5.41, 5.74) is 0.466. The number of anilines is 1. The van der Waals surface area contributed by atoms with Crippen molar-refractivity contribution in [2.24, 2.45) is 0 Å². The summed E-state index contributed by atoms with van der Waals surface area (Å²) in [4.78, 5) is 13.3. The van der Waals surface area contributed by atoms with Crippen LogP contribution in [0.4, 0.5) is 18.9 Å². The molecule has 1 unspecified atom stereocenters. The van der Waals surface area contributed by atoms with Gasteiger partial charge in [-0.25, -0.2) is 8.42 Å². The fourth-order valence-corrected chi connectivity index (χ4v) is 5.18. The van der Waals surface area contributed by atoms with Gasteiger partial charge >= 0.3 is 6.18 Å². The molecule has 0 bridgehead atoms. The van der Waals surface area contributed by atoms with Crippen LogP contribution in [0, 0.1) is 0 Å². The second-order valence-electron chi connectivity index (χ2n) is 8.04. The van der Waals surface area contributed by atoms with Crippen LogP contribution in [0.5, 0.6) is 0 Å². The number of sulfonamides is 1. The molecule has 2 aromatic carbocycles. The first-order valence-corrected chi connectivity index (χ1v) is 11.9. The van der Waals surface area contributed by atoms with Gasteiger partial charge in [0.15, 0.2) is 6.54 Å². The fourth-order valence-electron chi connectivity index (χ4n) is 3.67. The highest BCUT2D eigenvalue weighted by Crippen LogP contribution is 2.29. The maximum atomic E-state index is 12.7. The Morgan fingerprint density at radius 2 is 1.59 bits per heavy atom. The van der Waals surface area contributed by atoms with Crippen LogP contribution >= 0.6 is 0 Å². The SMILES string of the molecule is C[NH+](CC(=O)Nc1ccc(S(=O)(=O)N2CCCCC2)cc1)Cc1ccc(C(F)(F)F)cc1. The molecule has 1 saturated heterocycles. The smallest absolute Gasteiger partial charge is 0.326 e. The van der Waals surface area contributed by atoms with Gasteiger partial charge in [0.1, 0.15) is 6.54 Å². The van der Waals surface area contributed by atoms with Gasteiger partial charge in [-0.15, -0.1) is 0 Å². The van der Waals surface area contributed by atoms with Crippen molar-refractivity contribution in [1.29, 1.82) is 0 Å². The minimum atomic E-state index is -4.38. The minimum absolute atomic E-state index is 0.106. The van der Waals surface area contributed by atoms with Crippen LogP contribution in [-0.4, -0.2) is 45.3 Å².